The van der Waals surface area contributed by atoms with Gasteiger partial charge in [0.25, 0.3) is 0 Å². The first-order chi connectivity index (χ1) is 6.49. The summed E-state index contributed by atoms with van der Waals surface area (Å²) in [5.74, 6) is 0. The highest BCUT2D eigenvalue weighted by Crippen LogP contribution is 2.14. The Bertz CT molecular complexity index is 206. The molecule has 14 heavy (non-hydrogen) atoms. The molecular formula is C8H14F2N2O2. The predicted octanol–water partition coefficient (Wildman–Crippen LogP) is 1.03. The molecular weight excluding hydrogens is 194 g/mol. The summed E-state index contributed by atoms with van der Waals surface area (Å²) in [6.45, 7) is 1.40. The molecule has 0 bridgehead atoms. The first-order valence-electron chi connectivity index (χ1n) is 4.48. The smallest absolute Gasteiger partial charge is 0.336 e. The topological polar surface area (TPSA) is 41.6 Å². The fraction of sp³-hybridized carbons (Fsp3) is 0.875. The van der Waals surface area contributed by atoms with Crippen LogP contribution in [0.15, 0.2) is 0 Å². The van der Waals surface area contributed by atoms with Gasteiger partial charge in [0.1, 0.15) is 0 Å². The Hall–Kier alpha value is -0.910. The Kier molecular flexibility index (Phi) is 3.62. The molecule has 0 aromatic heterocycles. The van der Waals surface area contributed by atoms with E-state index in [-0.39, 0.29) is 25.2 Å². The van der Waals surface area contributed by atoms with Gasteiger partial charge in [-0.1, -0.05) is 0 Å². The van der Waals surface area contributed by atoms with Crippen molar-refractivity contribution in [3.8, 4) is 0 Å². The highest BCUT2D eigenvalue weighted by Gasteiger charge is 2.33. The number of nitrogens with one attached hydrogen (secondary N) is 1. The molecule has 1 N–H and O–H groups in total. The molecule has 0 atom stereocenters. The Morgan fingerprint density at radius 1 is 1.50 bits per heavy atom. The molecule has 6 heteroatoms. The minimum Gasteiger partial charge on any atom is -0.336 e. The van der Waals surface area contributed by atoms with E-state index in [1.165, 1.54) is 4.90 Å². The molecule has 0 aromatic rings. The maximum atomic E-state index is 11.7. The third-order valence-corrected chi connectivity index (χ3v) is 1.84. The molecule has 1 rings (SSSR count). The molecule has 1 aliphatic rings. The van der Waals surface area contributed by atoms with Crippen LogP contribution in [0.1, 0.15) is 13.8 Å². The number of hydrogen-bond acceptors (Lipinski definition) is 2. The zero-order valence-electron chi connectivity index (χ0n) is 8.17. The number of amides is 2. The van der Waals surface area contributed by atoms with E-state index in [2.05, 4.69) is 10.1 Å². The molecule has 0 saturated carbocycles. The quantitative estimate of drug-likeness (QED) is 0.752. The van der Waals surface area contributed by atoms with Gasteiger partial charge in [0, 0.05) is 6.04 Å². The van der Waals surface area contributed by atoms with E-state index in [0.717, 1.165) is 0 Å². The highest BCUT2D eigenvalue weighted by molar-refractivity contribution is 5.75. The lowest BCUT2D eigenvalue weighted by atomic mass is 10.2. The number of halogens is 2. The van der Waals surface area contributed by atoms with Gasteiger partial charge in [-0.3, -0.25) is 0 Å². The van der Waals surface area contributed by atoms with Crippen LogP contribution >= 0.6 is 0 Å². The minimum atomic E-state index is -2.75. The van der Waals surface area contributed by atoms with Gasteiger partial charge in [-0.25, -0.2) is 4.79 Å². The van der Waals surface area contributed by atoms with Gasteiger partial charge in [0.15, 0.2) is 0 Å². The highest BCUT2D eigenvalue weighted by atomic mass is 19.3. The van der Waals surface area contributed by atoms with E-state index in [1.54, 1.807) is 0 Å². The lowest BCUT2D eigenvalue weighted by Crippen LogP contribution is -2.58. The number of rotatable bonds is 3. The second-order valence-corrected chi connectivity index (χ2v) is 3.53. The normalized spacial score (nSPS) is 17.4. The largest absolute Gasteiger partial charge is 0.345 e. The van der Waals surface area contributed by atoms with Crippen LogP contribution in [-0.4, -0.2) is 42.8 Å². The maximum absolute atomic E-state index is 11.7. The zero-order chi connectivity index (χ0) is 10.7. The minimum absolute atomic E-state index is 0.0533. The van der Waals surface area contributed by atoms with Gasteiger partial charge >= 0.3 is 12.6 Å². The van der Waals surface area contributed by atoms with E-state index in [1.807, 2.05) is 13.8 Å². The number of carbonyl (C=O) groups excluding carboxylic acids is 1. The summed E-state index contributed by atoms with van der Waals surface area (Å²) >= 11 is 0. The molecule has 2 amide bonds. The summed E-state index contributed by atoms with van der Waals surface area (Å²) < 4.78 is 27.6. The van der Waals surface area contributed by atoms with Crippen molar-refractivity contribution in [2.24, 2.45) is 0 Å². The number of hydrogen-bond donors (Lipinski definition) is 1. The van der Waals surface area contributed by atoms with Crippen LogP contribution in [0.3, 0.4) is 0 Å². The number of likely N-dealkylation sites (tertiary alicyclic amines) is 1. The first-order valence-corrected chi connectivity index (χ1v) is 4.48. The van der Waals surface area contributed by atoms with Crippen molar-refractivity contribution in [2.75, 3.05) is 13.1 Å². The Morgan fingerprint density at radius 3 is 2.50 bits per heavy atom. The van der Waals surface area contributed by atoms with Crippen LogP contribution in [0, 0.1) is 0 Å². The summed E-state index contributed by atoms with van der Waals surface area (Å²) in [5, 5.41) is 2.66. The third kappa shape index (κ3) is 3.10. The van der Waals surface area contributed by atoms with E-state index >= 15 is 0 Å². The molecule has 0 aromatic carbocycles. The summed E-state index contributed by atoms with van der Waals surface area (Å²) in [5.41, 5.74) is 0. The maximum Gasteiger partial charge on any atom is 0.345 e. The van der Waals surface area contributed by atoms with Crippen molar-refractivity contribution < 1.29 is 18.3 Å². The van der Waals surface area contributed by atoms with Crippen molar-refractivity contribution in [3.05, 3.63) is 0 Å². The second kappa shape index (κ2) is 4.54. The molecule has 0 radical (unpaired) electrons. The summed E-state index contributed by atoms with van der Waals surface area (Å²) in [7, 11) is 0. The van der Waals surface area contributed by atoms with Crippen molar-refractivity contribution in [2.45, 2.75) is 32.6 Å². The van der Waals surface area contributed by atoms with Crippen LogP contribution in [0.25, 0.3) is 0 Å². The average molecular weight is 208 g/mol. The Morgan fingerprint density at radius 2 is 2.07 bits per heavy atom. The SMILES string of the molecule is CC(C)NC(=O)N1CC(OC(F)F)C1. The molecule has 1 aliphatic heterocycles. The van der Waals surface area contributed by atoms with Crippen molar-refractivity contribution in [1.29, 1.82) is 0 Å². The monoisotopic (exact) mass is 208 g/mol. The van der Waals surface area contributed by atoms with E-state index in [4.69, 9.17) is 0 Å². The molecule has 0 unspecified atom stereocenters. The fourth-order valence-electron chi connectivity index (χ4n) is 1.17. The van der Waals surface area contributed by atoms with E-state index in [9.17, 15) is 13.6 Å². The molecule has 1 saturated heterocycles. The van der Waals surface area contributed by atoms with Gasteiger partial charge in [0.2, 0.25) is 0 Å². The zero-order valence-corrected chi connectivity index (χ0v) is 8.17. The van der Waals surface area contributed by atoms with Crippen LogP contribution in [0.2, 0.25) is 0 Å². The second-order valence-electron chi connectivity index (χ2n) is 3.53. The molecule has 1 fully saturated rings. The lowest BCUT2D eigenvalue weighted by Gasteiger charge is -2.38. The standard InChI is InChI=1S/C8H14F2N2O2/c1-5(2)11-8(13)12-3-6(4-12)14-7(9)10/h5-7H,3-4H2,1-2H3,(H,11,13). The average Bonchev–Trinajstić information content (AvgIpc) is 1.93. The molecule has 82 valence electrons. The third-order valence-electron chi connectivity index (χ3n) is 1.84. The van der Waals surface area contributed by atoms with Crippen LogP contribution in [-0.2, 0) is 4.74 Å². The Labute approximate surface area is 81.2 Å². The van der Waals surface area contributed by atoms with E-state index < -0.39 is 12.7 Å². The van der Waals surface area contributed by atoms with Gasteiger partial charge in [-0.2, -0.15) is 8.78 Å². The van der Waals surface area contributed by atoms with Gasteiger partial charge < -0.3 is 15.0 Å². The molecule has 1 heterocycles. The number of alkyl halides is 2. The number of urea groups is 1. The van der Waals surface area contributed by atoms with Crippen LogP contribution in [0.4, 0.5) is 13.6 Å². The van der Waals surface area contributed by atoms with Gasteiger partial charge in [-0.15, -0.1) is 0 Å². The first kappa shape index (κ1) is 11.2. The van der Waals surface area contributed by atoms with Gasteiger partial charge in [0.05, 0.1) is 19.2 Å². The predicted molar refractivity (Wildman–Crippen MR) is 46.1 cm³/mol. The fourth-order valence-corrected chi connectivity index (χ4v) is 1.17. The molecule has 4 nitrogen and oxygen atoms in total. The Balaban J connectivity index is 2.17. The van der Waals surface area contributed by atoms with Crippen molar-refractivity contribution in [3.63, 3.8) is 0 Å². The lowest BCUT2D eigenvalue weighted by molar-refractivity contribution is -0.189. The summed E-state index contributed by atoms with van der Waals surface area (Å²) in [4.78, 5) is 12.7. The van der Waals surface area contributed by atoms with Gasteiger partial charge in [-0.05, 0) is 13.8 Å². The number of nitrogens with zero attached hydrogens (tertiary/aromatic N) is 1. The van der Waals surface area contributed by atoms with Crippen LogP contribution < -0.4 is 5.32 Å². The van der Waals surface area contributed by atoms with Crippen molar-refractivity contribution in [1.82, 2.24) is 10.2 Å². The molecule has 0 spiro atoms. The number of carbonyl (C=O) groups is 1. The number of ether oxygens (including phenoxy) is 1. The summed E-state index contributed by atoms with van der Waals surface area (Å²) in [6.07, 6.45) is -0.520. The summed E-state index contributed by atoms with van der Waals surface area (Å²) in [6, 6.07) is -0.174. The molecule has 0 aliphatic carbocycles. The van der Waals surface area contributed by atoms with E-state index in [0.29, 0.717) is 0 Å². The van der Waals surface area contributed by atoms with Crippen molar-refractivity contribution >= 4 is 6.03 Å². The van der Waals surface area contributed by atoms with Crippen LogP contribution in [0.5, 0.6) is 0 Å².